The van der Waals surface area contributed by atoms with E-state index in [9.17, 15) is 0 Å². The lowest BCUT2D eigenvalue weighted by Gasteiger charge is -2.23. The van der Waals surface area contributed by atoms with Crippen LogP contribution in [0.2, 0.25) is 0 Å². The lowest BCUT2D eigenvalue weighted by atomic mass is 10.0. The smallest absolute Gasteiger partial charge is 0.0429 e. The summed E-state index contributed by atoms with van der Waals surface area (Å²) in [5.41, 5.74) is 17.4. The summed E-state index contributed by atoms with van der Waals surface area (Å²) in [6, 6.07) is 61.7. The highest BCUT2D eigenvalue weighted by Crippen LogP contribution is 2.25. The van der Waals surface area contributed by atoms with Gasteiger partial charge in [-0.1, -0.05) is 181 Å². The van der Waals surface area contributed by atoms with Crippen molar-refractivity contribution in [2.45, 2.75) is 33.9 Å². The van der Waals surface area contributed by atoms with Crippen molar-refractivity contribution in [1.29, 1.82) is 0 Å². The first-order valence-corrected chi connectivity index (χ1v) is 19.3. The van der Waals surface area contributed by atoms with Crippen molar-refractivity contribution < 1.29 is 0 Å². The van der Waals surface area contributed by atoms with Crippen molar-refractivity contribution in [1.82, 2.24) is 0 Å². The molecule has 2 nitrogen and oxygen atoms in total. The highest BCUT2D eigenvalue weighted by molar-refractivity contribution is 5.74. The average molecular weight is 715 g/mol. The van der Waals surface area contributed by atoms with E-state index in [1.165, 1.54) is 78.1 Å². The fourth-order valence-corrected chi connectivity index (χ4v) is 6.81. The second kappa shape index (κ2) is 17.6. The zero-order valence-corrected chi connectivity index (χ0v) is 32.5. The van der Waals surface area contributed by atoms with Crippen molar-refractivity contribution in [3.05, 3.63) is 214 Å². The maximum atomic E-state index is 2.42. The Kier molecular flexibility index (Phi) is 11.8. The number of rotatable bonds is 13. The molecule has 0 saturated carbocycles. The summed E-state index contributed by atoms with van der Waals surface area (Å²) >= 11 is 0. The Morgan fingerprint density at radius 1 is 0.364 bits per heavy atom. The highest BCUT2D eigenvalue weighted by Gasteiger charge is 2.07. The van der Waals surface area contributed by atoms with E-state index >= 15 is 0 Å². The molecule has 0 aliphatic rings. The molecule has 0 amide bonds. The maximum absolute atomic E-state index is 2.42. The minimum Gasteiger partial charge on any atom is -0.370 e. The van der Waals surface area contributed by atoms with Gasteiger partial charge in [0.1, 0.15) is 0 Å². The van der Waals surface area contributed by atoms with Crippen molar-refractivity contribution in [2.24, 2.45) is 0 Å². The summed E-state index contributed by atoms with van der Waals surface area (Å²) in [5, 5.41) is 0. The summed E-state index contributed by atoms with van der Waals surface area (Å²) < 4.78 is 0. The maximum Gasteiger partial charge on any atom is 0.0429 e. The summed E-state index contributed by atoms with van der Waals surface area (Å²) in [6.07, 6.45) is 8.73. The molecule has 0 heterocycles. The standard InChI is InChI=1S/C53H50N2/c1-5-55(39-47-20-32-51(33-21-47)49-28-8-41(3)9-29-49)53-36-24-45(25-37-53)17-15-43-12-10-42(11-13-43)14-16-44-22-34-52(35-23-44)54(4)38-46-18-30-50(31-19-46)48-26-6-40(2)7-27-48/h6-37H,5,38-39H2,1-4H3. The first kappa shape index (κ1) is 37.0. The van der Waals surface area contributed by atoms with E-state index in [-0.39, 0.29) is 0 Å². The zero-order valence-electron chi connectivity index (χ0n) is 32.5. The van der Waals surface area contributed by atoms with Gasteiger partial charge in [0.15, 0.2) is 0 Å². The van der Waals surface area contributed by atoms with Gasteiger partial charge in [0.25, 0.3) is 0 Å². The van der Waals surface area contributed by atoms with Crippen LogP contribution in [0.4, 0.5) is 11.4 Å². The molecule has 0 bridgehead atoms. The number of aryl methyl sites for hydroxylation is 2. The van der Waals surface area contributed by atoms with E-state index in [2.05, 4.69) is 232 Å². The minimum absolute atomic E-state index is 0.859. The van der Waals surface area contributed by atoms with Crippen LogP contribution in [-0.2, 0) is 13.1 Å². The van der Waals surface area contributed by atoms with Gasteiger partial charge >= 0.3 is 0 Å². The van der Waals surface area contributed by atoms with Crippen molar-refractivity contribution >= 4 is 35.7 Å². The van der Waals surface area contributed by atoms with E-state index in [1.54, 1.807) is 0 Å². The minimum atomic E-state index is 0.859. The lowest BCUT2D eigenvalue weighted by Crippen LogP contribution is -2.21. The second-order valence-electron chi connectivity index (χ2n) is 14.5. The molecule has 0 unspecified atom stereocenters. The van der Waals surface area contributed by atoms with Gasteiger partial charge < -0.3 is 9.80 Å². The van der Waals surface area contributed by atoms with Gasteiger partial charge in [-0.3, -0.25) is 0 Å². The third kappa shape index (κ3) is 9.99. The Morgan fingerprint density at radius 3 is 1.04 bits per heavy atom. The number of nitrogens with zero attached hydrogens (tertiary/aromatic N) is 2. The van der Waals surface area contributed by atoms with Gasteiger partial charge in [-0.2, -0.15) is 0 Å². The number of anilines is 2. The van der Waals surface area contributed by atoms with Crippen LogP contribution in [0.3, 0.4) is 0 Å². The molecule has 7 aromatic rings. The fourth-order valence-electron chi connectivity index (χ4n) is 6.81. The molecule has 272 valence electrons. The van der Waals surface area contributed by atoms with Crippen LogP contribution in [0.1, 0.15) is 51.4 Å². The lowest BCUT2D eigenvalue weighted by molar-refractivity contribution is 0.832. The molecule has 0 radical (unpaired) electrons. The first-order chi connectivity index (χ1) is 26.9. The molecular formula is C53H50N2. The summed E-state index contributed by atoms with van der Waals surface area (Å²) in [6.45, 7) is 9.16. The largest absolute Gasteiger partial charge is 0.370 e. The molecular weight excluding hydrogens is 665 g/mol. The third-order valence-electron chi connectivity index (χ3n) is 10.3. The Labute approximate surface area is 328 Å². The van der Waals surface area contributed by atoms with Crippen LogP contribution < -0.4 is 9.80 Å². The van der Waals surface area contributed by atoms with Crippen LogP contribution in [0.5, 0.6) is 0 Å². The Hall–Kier alpha value is -6.38. The van der Waals surface area contributed by atoms with Gasteiger partial charge in [0, 0.05) is 38.1 Å². The average Bonchev–Trinajstić information content (AvgIpc) is 3.23. The second-order valence-corrected chi connectivity index (χ2v) is 14.5. The molecule has 0 aliphatic carbocycles. The van der Waals surface area contributed by atoms with Gasteiger partial charge in [0.05, 0.1) is 0 Å². The van der Waals surface area contributed by atoms with Crippen LogP contribution in [0.25, 0.3) is 46.6 Å². The molecule has 0 atom stereocenters. The van der Waals surface area contributed by atoms with Crippen molar-refractivity contribution in [3.63, 3.8) is 0 Å². The van der Waals surface area contributed by atoms with Crippen LogP contribution in [0, 0.1) is 13.8 Å². The number of hydrogen-bond donors (Lipinski definition) is 0. The molecule has 0 spiro atoms. The monoisotopic (exact) mass is 714 g/mol. The molecule has 7 aromatic carbocycles. The van der Waals surface area contributed by atoms with E-state index in [1.807, 2.05) is 0 Å². The van der Waals surface area contributed by atoms with Crippen molar-refractivity contribution in [2.75, 3.05) is 23.4 Å². The Morgan fingerprint density at radius 2 is 0.673 bits per heavy atom. The number of benzene rings is 7. The van der Waals surface area contributed by atoms with E-state index < -0.39 is 0 Å². The fraction of sp³-hybridized carbons (Fsp3) is 0.132. The molecule has 0 aliphatic heterocycles. The van der Waals surface area contributed by atoms with Crippen LogP contribution in [-0.4, -0.2) is 13.6 Å². The Bertz CT molecular complexity index is 2310. The molecule has 7 rings (SSSR count). The van der Waals surface area contributed by atoms with E-state index in [0.29, 0.717) is 0 Å². The predicted molar refractivity (Wildman–Crippen MR) is 239 cm³/mol. The van der Waals surface area contributed by atoms with Gasteiger partial charge in [-0.15, -0.1) is 0 Å². The summed E-state index contributed by atoms with van der Waals surface area (Å²) in [7, 11) is 2.15. The van der Waals surface area contributed by atoms with Gasteiger partial charge in [0.2, 0.25) is 0 Å². The molecule has 0 N–H and O–H groups in total. The molecule has 0 fully saturated rings. The van der Waals surface area contributed by atoms with E-state index in [4.69, 9.17) is 0 Å². The van der Waals surface area contributed by atoms with Gasteiger partial charge in [-0.05, 0) is 101 Å². The zero-order chi connectivity index (χ0) is 38.0. The molecule has 2 heteroatoms. The van der Waals surface area contributed by atoms with Crippen molar-refractivity contribution in [3.8, 4) is 22.3 Å². The molecule has 55 heavy (non-hydrogen) atoms. The predicted octanol–water partition coefficient (Wildman–Crippen LogP) is 13.6. The molecule has 0 aromatic heterocycles. The SMILES string of the molecule is CCN(Cc1ccc(-c2ccc(C)cc2)cc1)c1ccc(C=Cc2ccc(C=Cc3ccc(N(C)Cc4ccc(-c5ccc(C)cc5)cc4)cc3)cc2)cc1. The Balaban J connectivity index is 0.890. The number of hydrogen-bond acceptors (Lipinski definition) is 2. The quantitative estimate of drug-likeness (QED) is 0.110. The van der Waals surface area contributed by atoms with Gasteiger partial charge in [-0.25, -0.2) is 0 Å². The summed E-state index contributed by atoms with van der Waals surface area (Å²) in [4.78, 5) is 4.71. The highest BCUT2D eigenvalue weighted by atomic mass is 15.1. The first-order valence-electron chi connectivity index (χ1n) is 19.3. The topological polar surface area (TPSA) is 6.48 Å². The van der Waals surface area contributed by atoms with Crippen LogP contribution >= 0.6 is 0 Å². The summed E-state index contributed by atoms with van der Waals surface area (Å²) in [5.74, 6) is 0. The van der Waals surface area contributed by atoms with E-state index in [0.717, 1.165) is 19.6 Å². The third-order valence-corrected chi connectivity index (χ3v) is 10.3. The van der Waals surface area contributed by atoms with Crippen LogP contribution in [0.15, 0.2) is 170 Å². The molecule has 0 saturated heterocycles. The normalized spacial score (nSPS) is 11.3.